The molecule has 2 aliphatic heterocycles. The molecule has 3 N–H and O–H groups in total. The largest absolute Gasteiger partial charge is 0.383 e. The van der Waals surface area contributed by atoms with Crippen LogP contribution in [-0.2, 0) is 9.47 Å². The van der Waals surface area contributed by atoms with Crippen LogP contribution in [0.5, 0.6) is 0 Å². The second kappa shape index (κ2) is 6.50. The number of nitrogen functional groups attached to an aromatic ring is 1. The van der Waals surface area contributed by atoms with Crippen molar-refractivity contribution in [1.82, 2.24) is 19.9 Å². The third-order valence-electron chi connectivity index (χ3n) is 4.66. The van der Waals surface area contributed by atoms with Crippen molar-refractivity contribution in [3.05, 3.63) is 16.1 Å². The first-order valence-electron chi connectivity index (χ1n) is 7.94. The average Bonchev–Trinajstić information content (AvgIpc) is 2.94. The van der Waals surface area contributed by atoms with Gasteiger partial charge in [0.05, 0.1) is 24.6 Å². The number of anilines is 1. The third kappa shape index (κ3) is 2.92. The number of fused-ring (bicyclic) bond motifs is 1. The lowest BCUT2D eigenvalue weighted by Gasteiger charge is -2.36. The van der Waals surface area contributed by atoms with E-state index >= 15 is 0 Å². The Hall–Kier alpha value is -0.970. The number of nitrogens with zero attached hydrogens (tertiary/aromatic N) is 3. The van der Waals surface area contributed by atoms with Gasteiger partial charge in [-0.25, -0.2) is 9.97 Å². The monoisotopic (exact) mass is 429 g/mol. The Morgan fingerprint density at radius 1 is 1.22 bits per heavy atom. The van der Waals surface area contributed by atoms with Gasteiger partial charge in [-0.2, -0.15) is 0 Å². The molecule has 0 unspecified atom stereocenters. The maximum atomic E-state index is 6.02. The van der Waals surface area contributed by atoms with Gasteiger partial charge in [-0.3, -0.25) is 0 Å². The topological polar surface area (TPSA) is 87.2 Å². The molecule has 4 rings (SSSR count). The molecular weight excluding hydrogens is 409 g/mol. The minimum atomic E-state index is -0.0751. The molecule has 0 spiro atoms. The van der Waals surface area contributed by atoms with Gasteiger partial charge in [-0.15, -0.1) is 0 Å². The first-order valence-corrected chi connectivity index (χ1v) is 9.02. The lowest BCUT2D eigenvalue weighted by Crippen LogP contribution is -2.42. The van der Waals surface area contributed by atoms with Gasteiger partial charge >= 0.3 is 0 Å². The third-order valence-corrected chi connectivity index (χ3v) is 5.48. The number of ether oxygens (including phenoxy) is 2. The van der Waals surface area contributed by atoms with Crippen molar-refractivity contribution in [1.29, 1.82) is 0 Å². The number of hydrogen-bond acceptors (Lipinski definition) is 6. The second-order valence-electron chi connectivity index (χ2n) is 6.12. The van der Waals surface area contributed by atoms with Crippen LogP contribution in [-0.4, -0.2) is 47.1 Å². The fourth-order valence-electron chi connectivity index (χ4n) is 3.40. The highest BCUT2D eigenvalue weighted by atomic mass is 127. The van der Waals surface area contributed by atoms with Crippen LogP contribution in [0, 0.1) is 9.49 Å². The van der Waals surface area contributed by atoms with Crippen molar-refractivity contribution in [2.45, 2.75) is 25.2 Å². The van der Waals surface area contributed by atoms with E-state index in [0.717, 1.165) is 40.5 Å². The summed E-state index contributed by atoms with van der Waals surface area (Å²) >= 11 is 2.27. The van der Waals surface area contributed by atoms with Crippen molar-refractivity contribution in [3.63, 3.8) is 0 Å². The zero-order chi connectivity index (χ0) is 15.8. The van der Waals surface area contributed by atoms with Crippen molar-refractivity contribution in [2.24, 2.45) is 5.92 Å². The van der Waals surface area contributed by atoms with E-state index in [0.29, 0.717) is 24.9 Å². The van der Waals surface area contributed by atoms with Gasteiger partial charge in [-0.05, 0) is 48.5 Å². The molecule has 2 aromatic rings. The van der Waals surface area contributed by atoms with E-state index in [1.807, 2.05) is 0 Å². The van der Waals surface area contributed by atoms with Gasteiger partial charge < -0.3 is 25.1 Å². The normalized spacial score (nSPS) is 26.7. The maximum absolute atomic E-state index is 6.02. The average molecular weight is 429 g/mol. The van der Waals surface area contributed by atoms with Crippen molar-refractivity contribution >= 4 is 39.4 Å². The quantitative estimate of drug-likeness (QED) is 0.705. The Kier molecular flexibility index (Phi) is 4.39. The highest BCUT2D eigenvalue weighted by Crippen LogP contribution is 2.31. The number of halogens is 1. The predicted octanol–water partition coefficient (Wildman–Crippen LogP) is 1.53. The predicted molar refractivity (Wildman–Crippen MR) is 95.0 cm³/mol. The van der Waals surface area contributed by atoms with E-state index in [9.17, 15) is 0 Å². The Morgan fingerprint density at radius 3 is 2.70 bits per heavy atom. The van der Waals surface area contributed by atoms with Crippen LogP contribution in [0.15, 0.2) is 12.5 Å². The van der Waals surface area contributed by atoms with E-state index in [1.165, 1.54) is 6.33 Å². The minimum absolute atomic E-state index is 0.0751. The summed E-state index contributed by atoms with van der Waals surface area (Å²) in [7, 11) is 0. The van der Waals surface area contributed by atoms with Gasteiger partial charge in [0, 0.05) is 15.7 Å². The van der Waals surface area contributed by atoms with E-state index in [1.54, 1.807) is 0 Å². The summed E-state index contributed by atoms with van der Waals surface area (Å²) in [5.74, 6) is 1.01. The molecule has 124 valence electrons. The fourth-order valence-corrected chi connectivity index (χ4v) is 4.22. The van der Waals surface area contributed by atoms with Crippen molar-refractivity contribution < 1.29 is 9.47 Å². The number of nitrogens with one attached hydrogen (secondary N) is 1. The Bertz CT molecular complexity index is 692. The van der Waals surface area contributed by atoms with E-state index in [4.69, 9.17) is 15.2 Å². The Labute approximate surface area is 148 Å². The summed E-state index contributed by atoms with van der Waals surface area (Å²) < 4.78 is 15.2. The van der Waals surface area contributed by atoms with E-state index in [-0.39, 0.29) is 12.3 Å². The van der Waals surface area contributed by atoms with Crippen molar-refractivity contribution in [3.8, 4) is 0 Å². The van der Waals surface area contributed by atoms with E-state index in [2.05, 4.69) is 48.6 Å². The molecule has 4 heterocycles. The van der Waals surface area contributed by atoms with Crippen LogP contribution >= 0.6 is 22.6 Å². The van der Waals surface area contributed by atoms with Gasteiger partial charge in [-0.1, -0.05) is 0 Å². The standard InChI is InChI=1S/C15H20IN5O2/c16-11-5-21(14-12(11)13(17)19-8-20-14)10-6-22-15(23-7-10)9-1-3-18-4-2-9/h5,8-10,15,18H,1-4,6-7H2,(H2,17,19,20)/t10-,15-. The molecule has 2 saturated heterocycles. The number of piperidine rings is 1. The maximum Gasteiger partial charge on any atom is 0.160 e. The second-order valence-corrected chi connectivity index (χ2v) is 7.28. The molecule has 2 aliphatic rings. The summed E-state index contributed by atoms with van der Waals surface area (Å²) in [6, 6.07) is 0.119. The molecule has 0 amide bonds. The lowest BCUT2D eigenvalue weighted by atomic mass is 9.97. The first kappa shape index (κ1) is 15.6. The highest BCUT2D eigenvalue weighted by molar-refractivity contribution is 14.1. The molecule has 0 saturated carbocycles. The SMILES string of the molecule is Nc1ncnc2c1c(I)cn2[C@H]1CO[C@H](C2CCNCC2)OC1. The van der Waals surface area contributed by atoms with Crippen LogP contribution in [0.3, 0.4) is 0 Å². The van der Waals surface area contributed by atoms with Crippen LogP contribution in [0.1, 0.15) is 18.9 Å². The molecule has 23 heavy (non-hydrogen) atoms. The molecule has 0 aliphatic carbocycles. The first-order chi connectivity index (χ1) is 11.2. The summed E-state index contributed by atoms with van der Waals surface area (Å²) in [5.41, 5.74) is 6.83. The van der Waals surface area contributed by atoms with E-state index < -0.39 is 0 Å². The molecule has 0 atom stereocenters. The zero-order valence-corrected chi connectivity index (χ0v) is 14.9. The minimum Gasteiger partial charge on any atom is -0.383 e. The van der Waals surface area contributed by atoms with Crippen LogP contribution in [0.4, 0.5) is 5.82 Å². The van der Waals surface area contributed by atoms with Gasteiger partial charge in [0.15, 0.2) is 6.29 Å². The number of aromatic nitrogens is 3. The summed E-state index contributed by atoms with van der Waals surface area (Å²) in [5, 5.41) is 4.29. The van der Waals surface area contributed by atoms with Gasteiger partial charge in [0.1, 0.15) is 17.8 Å². The molecule has 8 heteroatoms. The summed E-state index contributed by atoms with van der Waals surface area (Å²) in [4.78, 5) is 8.47. The molecule has 2 fully saturated rings. The number of hydrogen-bond donors (Lipinski definition) is 2. The zero-order valence-electron chi connectivity index (χ0n) is 12.7. The fraction of sp³-hybridized carbons (Fsp3) is 0.600. The molecular formula is C15H20IN5O2. The van der Waals surface area contributed by atoms with Crippen LogP contribution in [0.2, 0.25) is 0 Å². The number of nitrogens with two attached hydrogens (primary N) is 1. The van der Waals surface area contributed by atoms with Gasteiger partial charge in [0.2, 0.25) is 0 Å². The molecule has 2 aromatic heterocycles. The molecule has 0 aromatic carbocycles. The highest BCUT2D eigenvalue weighted by Gasteiger charge is 2.31. The number of rotatable bonds is 2. The molecule has 0 radical (unpaired) electrons. The summed E-state index contributed by atoms with van der Waals surface area (Å²) in [6.07, 6.45) is 5.71. The smallest absolute Gasteiger partial charge is 0.160 e. The van der Waals surface area contributed by atoms with Crippen LogP contribution in [0.25, 0.3) is 11.0 Å². The van der Waals surface area contributed by atoms with Crippen LogP contribution < -0.4 is 11.1 Å². The Balaban J connectivity index is 1.51. The summed E-state index contributed by atoms with van der Waals surface area (Å²) in [6.45, 7) is 3.37. The van der Waals surface area contributed by atoms with Crippen molar-refractivity contribution in [2.75, 3.05) is 32.0 Å². The van der Waals surface area contributed by atoms with Gasteiger partial charge in [0.25, 0.3) is 0 Å². The molecule has 7 nitrogen and oxygen atoms in total. The molecule has 0 bridgehead atoms. The Morgan fingerprint density at radius 2 is 1.96 bits per heavy atom. The lowest BCUT2D eigenvalue weighted by molar-refractivity contribution is -0.223.